The molecule has 5 fully saturated rings. The highest BCUT2D eigenvalue weighted by atomic mass is 35.5. The molecule has 3 aromatic rings. The number of carboxylic acids is 1. The number of alkyl halides is 1. The summed E-state index contributed by atoms with van der Waals surface area (Å²) in [5.41, 5.74) is -0.615. The average Bonchev–Trinajstić information content (AvgIpc) is 0.971. The van der Waals surface area contributed by atoms with Crippen LogP contribution in [0.5, 0.6) is 18.0 Å². The number of aliphatic carboxylic acids is 1. The first kappa shape index (κ1) is 84.8. The maximum atomic E-state index is 11.6. The molecule has 1 amide bonds. The van der Waals surface area contributed by atoms with E-state index in [2.05, 4.69) is 90.4 Å². The highest BCUT2D eigenvalue weighted by molar-refractivity contribution is 6.28. The van der Waals surface area contributed by atoms with E-state index in [1.54, 1.807) is 54.9 Å². The first-order valence-corrected chi connectivity index (χ1v) is 31.4. The van der Waals surface area contributed by atoms with Gasteiger partial charge in [-0.2, -0.15) is 34.9 Å². The zero-order valence-corrected chi connectivity index (χ0v) is 58.4. The number of quaternary nitrogens is 1. The molecule has 9 rings (SSSR count). The summed E-state index contributed by atoms with van der Waals surface area (Å²) in [6.07, 6.45) is 18.8. The molecule has 0 unspecified atom stereocenters. The van der Waals surface area contributed by atoms with Gasteiger partial charge in [-0.3, -0.25) is 14.2 Å². The monoisotopic (exact) mass is 1340 g/mol. The van der Waals surface area contributed by atoms with Crippen LogP contribution in [0.2, 0.25) is 5.28 Å². The number of anilines is 1. The Hall–Kier alpha value is -5.19. The molecule has 29 heteroatoms. The van der Waals surface area contributed by atoms with Gasteiger partial charge in [0.1, 0.15) is 42.2 Å². The highest BCUT2D eigenvalue weighted by Crippen LogP contribution is 2.24. The van der Waals surface area contributed by atoms with E-state index in [1.807, 2.05) is 27.7 Å². The van der Waals surface area contributed by atoms with Gasteiger partial charge in [0.25, 0.3) is 0 Å². The number of ether oxygens (including phenoxy) is 8. The highest BCUT2D eigenvalue weighted by Gasteiger charge is 2.34. The van der Waals surface area contributed by atoms with Gasteiger partial charge in [-0.05, 0) is 99.2 Å². The van der Waals surface area contributed by atoms with Crippen LogP contribution in [0.25, 0.3) is 0 Å². The molecule has 0 bridgehead atoms. The fraction of sp³-hybridized carbons (Fsp3) is 0.770. The van der Waals surface area contributed by atoms with Gasteiger partial charge in [-0.1, -0.05) is 79.7 Å². The number of nitrogens with zero attached hydrogens (tertiary/aromatic N) is 13. The summed E-state index contributed by atoms with van der Waals surface area (Å²) in [7, 11) is 8.82. The summed E-state index contributed by atoms with van der Waals surface area (Å²) in [6, 6.07) is 1.91. The Kier molecular flexibility index (Phi) is 49.3. The van der Waals surface area contributed by atoms with Crippen LogP contribution in [0, 0.1) is 20.8 Å². The molecule has 520 valence electrons. The van der Waals surface area contributed by atoms with Gasteiger partial charge >= 0.3 is 42.0 Å². The smallest absolute Gasteiger partial charge is 0.415 e. The molecule has 7 heterocycles. The molecule has 1 atom stereocenters. The standard InChI is InChI=1S/C12H23N.C10H17N4O2.C10H15NO4.C9H14N4O2.C5H6ClN3O.C5H11NO.C4H8O2.2C2H6.CH3Cl.CH4.ClH/c1-3-7-11(8-4-1)13-12-9-5-2-6-10-12;1-8-11-9(13-10(12-8)15-3)14(2)4-6-16-7-5-14;1-10(2,3)15-9(14)11-6-4-5-7(11)8(12)13;1-7-10-8(12-9(11-7)14-2)13-3-5-15-6-4-13;1-3-7-4(6)9-5(8-3)10-2;1-6-2-4-7-5-3-6;1-3-6-4(2)5;3*1-2;;/h11-13H,1-10H2;4-7H2,1-3H3;4,6-7H,5H2,1-3H3,(H,12,13);3-6H2,1-2H3;1-2H3;2-5H2,1H3;3H2,1-2H3;2*1-2H3;1H3;1H4;1H/q;+1;;;;;;;;;;/p-1/t;;7-;;;;;;;;;/m..0........./s1/i;;;;;;;1D,2T;;;;. The van der Waals surface area contributed by atoms with Crippen LogP contribution in [-0.2, 0) is 33.3 Å². The SMILES string of the molecule is C.C1CCC(NC2CCCCC2)CC1.CC.CC(C)(C)OC(=O)N1C=CC[C@H]1C(=O)O.CCOC(C)=O.CCl.CN1CCOCC1.COc1nc(C)nc(Cl)n1.COc1nc(C)nc(N2CCOCC2)n1.COc1nc(C)nc([N+]2(C)CCOCC2)n1.[2H]CC[3H].[Cl-]. The second-order valence-corrected chi connectivity index (χ2v) is 21.4. The van der Waals surface area contributed by atoms with Crippen molar-refractivity contribution in [3.8, 4) is 18.0 Å². The number of esters is 1. The second kappa shape index (κ2) is 52.3. The number of likely N-dealkylation sites (N-methyl/N-ethyl adjacent to an activating group) is 2. The topological polar surface area (TPSA) is 283 Å². The van der Waals surface area contributed by atoms with Crippen molar-refractivity contribution < 1.29 is 72.5 Å². The van der Waals surface area contributed by atoms with Crippen molar-refractivity contribution >= 4 is 53.1 Å². The zero-order chi connectivity index (χ0) is 67.9. The third-order valence-corrected chi connectivity index (χ3v) is 13.2. The van der Waals surface area contributed by atoms with Gasteiger partial charge in [-0.15, -0.1) is 16.6 Å². The lowest BCUT2D eigenvalue weighted by Crippen LogP contribution is -3.00. The van der Waals surface area contributed by atoms with E-state index < -0.39 is 23.7 Å². The third-order valence-electron chi connectivity index (χ3n) is 13.0. The summed E-state index contributed by atoms with van der Waals surface area (Å²) in [4.78, 5) is 74.2. The Balaban J connectivity index is -0.000000999. The van der Waals surface area contributed by atoms with Crippen molar-refractivity contribution in [2.45, 2.75) is 185 Å². The first-order chi connectivity index (χ1) is 43.0. The van der Waals surface area contributed by atoms with Gasteiger partial charge in [0.2, 0.25) is 11.2 Å². The molecule has 4 aliphatic heterocycles. The van der Waals surface area contributed by atoms with Gasteiger partial charge < -0.3 is 70.5 Å². The molecule has 0 spiro atoms. The molecule has 3 aromatic heterocycles. The Morgan fingerprint density at radius 2 is 1.19 bits per heavy atom. The lowest BCUT2D eigenvalue weighted by molar-refractivity contribution is -0.142. The van der Waals surface area contributed by atoms with Gasteiger partial charge in [-0.25, -0.2) is 14.6 Å². The number of carboxylic acid groups (broad SMARTS) is 1. The number of morpholine rings is 3. The van der Waals surface area contributed by atoms with Crippen molar-refractivity contribution in [3.05, 3.63) is 35.0 Å². The van der Waals surface area contributed by atoms with Crippen LogP contribution in [0.4, 0.5) is 16.7 Å². The van der Waals surface area contributed by atoms with E-state index in [-0.39, 0.29) is 50.9 Å². The van der Waals surface area contributed by atoms with Crippen LogP contribution in [0.15, 0.2) is 12.3 Å². The second-order valence-electron chi connectivity index (χ2n) is 21.1. The molecule has 2 aliphatic carbocycles. The number of rotatable bonds is 9. The molecule has 6 aliphatic rings. The molecule has 26 nitrogen and oxygen atoms in total. The number of aromatic nitrogens is 9. The Bertz CT molecular complexity index is 2370. The van der Waals surface area contributed by atoms with Crippen molar-refractivity contribution in [2.24, 2.45) is 0 Å². The van der Waals surface area contributed by atoms with Crippen LogP contribution in [0.3, 0.4) is 0 Å². The number of nitrogens with one attached hydrogen (secondary N) is 1. The summed E-state index contributed by atoms with van der Waals surface area (Å²) in [5, 5.41) is 12.9. The maximum Gasteiger partial charge on any atom is 0.415 e. The van der Waals surface area contributed by atoms with E-state index in [4.69, 9.17) is 52.6 Å². The number of amides is 1. The summed E-state index contributed by atoms with van der Waals surface area (Å²) < 4.78 is 53.2. The average molecular weight is 1340 g/mol. The molecule has 0 aromatic carbocycles. The number of methoxy groups -OCH3 is 3. The van der Waals surface area contributed by atoms with E-state index >= 15 is 0 Å². The largest absolute Gasteiger partial charge is 1.00 e. The van der Waals surface area contributed by atoms with Crippen molar-refractivity contribution in [1.82, 2.24) is 64.5 Å². The summed E-state index contributed by atoms with van der Waals surface area (Å²) >= 11 is 10.1. The third kappa shape index (κ3) is 39.3. The Morgan fingerprint density at radius 1 is 0.744 bits per heavy atom. The number of hydrogen-bond acceptors (Lipinski definition) is 23. The number of halogens is 3. The van der Waals surface area contributed by atoms with Crippen molar-refractivity contribution in [2.75, 3.05) is 132 Å². The van der Waals surface area contributed by atoms with Gasteiger partial charge in [0.05, 0.1) is 74.6 Å². The van der Waals surface area contributed by atoms with Crippen LogP contribution >= 0.6 is 23.2 Å². The lowest BCUT2D eigenvalue weighted by atomic mass is 9.91. The van der Waals surface area contributed by atoms with Crippen LogP contribution in [-0.4, -0.2) is 229 Å². The predicted octanol–water partition coefficient (Wildman–Crippen LogP) is 6.92. The zero-order valence-electron chi connectivity index (χ0n) is 58.2. The normalized spacial score (nSPS) is 17.6. The molecular formula is C61H113Cl3N14O12. The number of carbonyl (C=O) groups excluding carboxylic acids is 2. The fourth-order valence-corrected chi connectivity index (χ4v) is 8.85. The number of aryl methyl sites for hydroxylation is 3. The Morgan fingerprint density at radius 3 is 1.59 bits per heavy atom. The van der Waals surface area contributed by atoms with E-state index in [0.29, 0.717) is 66.2 Å². The van der Waals surface area contributed by atoms with E-state index in [9.17, 15) is 14.4 Å². The quantitative estimate of drug-likeness (QED) is 0.125. The minimum Gasteiger partial charge on any atom is -1.00 e. The number of hydrogen-bond donors (Lipinski definition) is 2. The minimum absolute atomic E-state index is 0. The summed E-state index contributed by atoms with van der Waals surface area (Å²) in [6.45, 7) is 29.0. The predicted molar refractivity (Wildman–Crippen MR) is 352 cm³/mol. The molecule has 3 saturated heterocycles. The van der Waals surface area contributed by atoms with Crippen molar-refractivity contribution in [3.63, 3.8) is 0 Å². The van der Waals surface area contributed by atoms with Gasteiger partial charge in [0.15, 0.2) is 0 Å². The molecule has 2 saturated carbocycles. The molecule has 0 radical (unpaired) electrons. The maximum absolute atomic E-state index is 11.6. The van der Waals surface area contributed by atoms with E-state index in [0.717, 1.165) is 88.6 Å². The van der Waals surface area contributed by atoms with Crippen LogP contribution < -0.4 is 41.3 Å². The summed E-state index contributed by atoms with van der Waals surface area (Å²) in [5.74, 6) is 2.10. The van der Waals surface area contributed by atoms with Crippen molar-refractivity contribution in [1.29, 1.82) is 0 Å². The Labute approximate surface area is 557 Å². The minimum atomic E-state index is -1.02. The lowest BCUT2D eigenvalue weighted by Gasteiger charge is -2.34. The van der Waals surface area contributed by atoms with Crippen LogP contribution in [0.1, 0.15) is 161 Å². The molecule has 90 heavy (non-hydrogen) atoms. The number of carbonyl (C=O) groups is 3. The van der Waals surface area contributed by atoms with Gasteiger partial charge in [0, 0.05) is 60.5 Å². The van der Waals surface area contributed by atoms with E-state index in [1.165, 1.54) is 90.8 Å². The molecular weight excluding hydrogens is 1230 g/mol. The first-order valence-electron chi connectivity index (χ1n) is 31.6. The molecule has 2 N–H and O–H groups in total. The fourth-order valence-electron chi connectivity index (χ4n) is 8.65.